The van der Waals surface area contributed by atoms with Gasteiger partial charge in [0.25, 0.3) is 0 Å². The highest BCUT2D eigenvalue weighted by Crippen LogP contribution is 2.34. The first-order chi connectivity index (χ1) is 9.43. The molecule has 5 nitrogen and oxygen atoms in total. The summed E-state index contributed by atoms with van der Waals surface area (Å²) in [7, 11) is 3.11. The third kappa shape index (κ3) is 3.05. The first kappa shape index (κ1) is 15.5. The molecule has 1 heterocycles. The average Bonchev–Trinajstić information content (AvgIpc) is 2.63. The van der Waals surface area contributed by atoms with Gasteiger partial charge in [-0.1, -0.05) is 0 Å². The van der Waals surface area contributed by atoms with Crippen molar-refractivity contribution in [2.24, 2.45) is 0 Å². The Bertz CT molecular complexity index is 540. The number of hydrogen-bond acceptors (Lipinski definition) is 4. The minimum atomic E-state index is -0.438. The minimum Gasteiger partial charge on any atom is -0.494 e. The van der Waals surface area contributed by atoms with E-state index in [0.717, 1.165) is 25.2 Å². The molecule has 0 bridgehead atoms. The van der Waals surface area contributed by atoms with Gasteiger partial charge in [-0.05, 0) is 49.6 Å². The molecule has 20 heavy (non-hydrogen) atoms. The van der Waals surface area contributed by atoms with Crippen LogP contribution in [0.15, 0.2) is 21.1 Å². The van der Waals surface area contributed by atoms with Gasteiger partial charge >= 0.3 is 0 Å². The lowest BCUT2D eigenvalue weighted by Crippen LogP contribution is -2.36. The van der Waals surface area contributed by atoms with Crippen molar-refractivity contribution in [3.63, 3.8) is 0 Å². The fraction of sp³-hybridized carbons (Fsp3) is 0.385. The van der Waals surface area contributed by atoms with Crippen LogP contribution in [0.25, 0.3) is 0 Å². The van der Waals surface area contributed by atoms with Crippen LogP contribution in [0, 0.1) is 0 Å². The molecular weight excluding hydrogens is 392 g/mol. The van der Waals surface area contributed by atoms with Crippen LogP contribution in [-0.4, -0.2) is 36.9 Å². The molecule has 0 aromatic heterocycles. The van der Waals surface area contributed by atoms with E-state index in [9.17, 15) is 9.59 Å². The summed E-state index contributed by atoms with van der Waals surface area (Å²) in [6.45, 7) is 0.499. The van der Waals surface area contributed by atoms with E-state index in [1.807, 2.05) is 12.1 Å². The van der Waals surface area contributed by atoms with Crippen LogP contribution in [0.2, 0.25) is 0 Å². The van der Waals surface area contributed by atoms with Gasteiger partial charge in [0.1, 0.15) is 5.75 Å². The van der Waals surface area contributed by atoms with E-state index in [0.29, 0.717) is 6.54 Å². The third-order valence-corrected chi connectivity index (χ3v) is 4.37. The number of likely N-dealkylation sites (N-methyl/N-ethyl adjacent to an activating group) is 1. The molecule has 1 atom stereocenters. The number of halogens is 2. The maximum atomic E-state index is 11.8. The summed E-state index contributed by atoms with van der Waals surface area (Å²) < 4.78 is 6.90. The Morgan fingerprint density at radius 3 is 2.40 bits per heavy atom. The molecule has 7 heteroatoms. The molecule has 2 rings (SSSR count). The number of benzene rings is 1. The van der Waals surface area contributed by atoms with Crippen LogP contribution < -0.4 is 10.1 Å². The first-order valence-electron chi connectivity index (χ1n) is 5.99. The molecule has 1 aliphatic heterocycles. The van der Waals surface area contributed by atoms with Gasteiger partial charge < -0.3 is 10.1 Å². The Kier molecular flexibility index (Phi) is 4.82. The second-order valence-corrected chi connectivity index (χ2v) is 6.23. The highest BCUT2D eigenvalue weighted by Gasteiger charge is 2.35. The number of carbonyl (C=O) groups excluding carboxylic acids is 2. The van der Waals surface area contributed by atoms with Crippen molar-refractivity contribution in [3.05, 3.63) is 26.6 Å². The Hall–Kier alpha value is -0.920. The summed E-state index contributed by atoms with van der Waals surface area (Å²) in [5.41, 5.74) is 0.986. The maximum Gasteiger partial charge on any atom is 0.246 e. The number of nitrogens with zero attached hydrogens (tertiary/aromatic N) is 1. The van der Waals surface area contributed by atoms with Gasteiger partial charge in [-0.3, -0.25) is 14.5 Å². The molecule has 1 aromatic rings. The van der Waals surface area contributed by atoms with Crippen LogP contribution >= 0.6 is 31.9 Å². The van der Waals surface area contributed by atoms with E-state index in [1.54, 1.807) is 7.11 Å². The minimum absolute atomic E-state index is 0.149. The SMILES string of the molecule is COc1c(Br)cc(CNC2CC(=O)N(C)C2=O)cc1Br. The van der Waals surface area contributed by atoms with Crippen LogP contribution in [0.4, 0.5) is 0 Å². The zero-order valence-corrected chi connectivity index (χ0v) is 14.2. The summed E-state index contributed by atoms with van der Waals surface area (Å²) in [4.78, 5) is 24.4. The number of nitrogens with one attached hydrogen (secondary N) is 1. The standard InChI is InChI=1S/C13H14Br2N2O3/c1-17-11(18)5-10(13(17)19)16-6-7-3-8(14)12(20-2)9(15)4-7/h3-4,10,16H,5-6H2,1-2H3. The van der Waals surface area contributed by atoms with Crippen molar-refractivity contribution < 1.29 is 14.3 Å². The van der Waals surface area contributed by atoms with E-state index >= 15 is 0 Å². The Morgan fingerprint density at radius 1 is 1.35 bits per heavy atom. The third-order valence-electron chi connectivity index (χ3n) is 3.20. The van der Waals surface area contributed by atoms with E-state index in [2.05, 4.69) is 37.2 Å². The molecule has 0 spiro atoms. The molecular formula is C13H14Br2N2O3. The van der Waals surface area contributed by atoms with E-state index < -0.39 is 6.04 Å². The molecule has 1 aromatic carbocycles. The Balaban J connectivity index is 2.05. The lowest BCUT2D eigenvalue weighted by atomic mass is 10.2. The van der Waals surface area contributed by atoms with Crippen LogP contribution in [-0.2, 0) is 16.1 Å². The number of hydrogen-bond donors (Lipinski definition) is 1. The van der Waals surface area contributed by atoms with Crippen molar-refractivity contribution >= 4 is 43.7 Å². The van der Waals surface area contributed by atoms with Crippen molar-refractivity contribution in [1.29, 1.82) is 0 Å². The van der Waals surface area contributed by atoms with Gasteiger partial charge in [-0.15, -0.1) is 0 Å². The fourth-order valence-electron chi connectivity index (χ4n) is 2.07. The number of methoxy groups -OCH3 is 1. The summed E-state index contributed by atoms with van der Waals surface area (Å²) in [5.74, 6) is 0.395. The zero-order chi connectivity index (χ0) is 14.9. The van der Waals surface area contributed by atoms with Gasteiger partial charge in [0, 0.05) is 13.6 Å². The molecule has 0 radical (unpaired) electrons. The molecule has 1 fully saturated rings. The van der Waals surface area contributed by atoms with E-state index in [-0.39, 0.29) is 18.2 Å². The first-order valence-corrected chi connectivity index (χ1v) is 7.58. The maximum absolute atomic E-state index is 11.8. The molecule has 1 saturated heterocycles. The second-order valence-electron chi connectivity index (χ2n) is 4.52. The fourth-order valence-corrected chi connectivity index (χ4v) is 3.67. The number of carbonyl (C=O) groups is 2. The summed E-state index contributed by atoms with van der Waals surface area (Å²) in [5, 5.41) is 3.11. The number of rotatable bonds is 4. The number of imide groups is 1. The summed E-state index contributed by atoms with van der Waals surface area (Å²) >= 11 is 6.86. The van der Waals surface area contributed by atoms with Crippen LogP contribution in [0.5, 0.6) is 5.75 Å². The number of amides is 2. The van der Waals surface area contributed by atoms with Gasteiger partial charge in [0.2, 0.25) is 11.8 Å². The van der Waals surface area contributed by atoms with Crippen LogP contribution in [0.3, 0.4) is 0 Å². The highest BCUT2D eigenvalue weighted by molar-refractivity contribution is 9.11. The monoisotopic (exact) mass is 404 g/mol. The Morgan fingerprint density at radius 2 is 1.95 bits per heavy atom. The summed E-state index contributed by atoms with van der Waals surface area (Å²) in [6, 6.07) is 3.40. The molecule has 1 unspecified atom stereocenters. The van der Waals surface area contributed by atoms with Crippen LogP contribution in [0.1, 0.15) is 12.0 Å². The van der Waals surface area contributed by atoms with Crippen molar-refractivity contribution in [2.75, 3.05) is 14.2 Å². The molecule has 0 saturated carbocycles. The van der Waals surface area contributed by atoms with Gasteiger partial charge in [-0.2, -0.15) is 0 Å². The largest absolute Gasteiger partial charge is 0.494 e. The lowest BCUT2D eigenvalue weighted by Gasteiger charge is -2.13. The van der Waals surface area contributed by atoms with E-state index in [1.165, 1.54) is 7.05 Å². The van der Waals surface area contributed by atoms with Crippen molar-refractivity contribution in [1.82, 2.24) is 10.2 Å². The molecule has 108 valence electrons. The average molecular weight is 406 g/mol. The molecule has 2 amide bonds. The number of likely N-dealkylation sites (tertiary alicyclic amines) is 1. The Labute approximate surface area is 133 Å². The normalized spacial score (nSPS) is 18.8. The quantitative estimate of drug-likeness (QED) is 0.779. The zero-order valence-electron chi connectivity index (χ0n) is 11.1. The molecule has 1 N–H and O–H groups in total. The predicted octanol–water partition coefficient (Wildman–Crippen LogP) is 2.07. The molecule has 0 aliphatic carbocycles. The lowest BCUT2D eigenvalue weighted by molar-refractivity contribution is -0.137. The predicted molar refractivity (Wildman–Crippen MR) is 81.4 cm³/mol. The van der Waals surface area contributed by atoms with Crippen molar-refractivity contribution in [3.8, 4) is 5.75 Å². The topological polar surface area (TPSA) is 58.6 Å². The van der Waals surface area contributed by atoms with Gasteiger partial charge in [0.15, 0.2) is 0 Å². The molecule has 1 aliphatic rings. The summed E-state index contributed by atoms with van der Waals surface area (Å²) in [6.07, 6.45) is 0.216. The highest BCUT2D eigenvalue weighted by atomic mass is 79.9. The van der Waals surface area contributed by atoms with Gasteiger partial charge in [-0.25, -0.2) is 0 Å². The smallest absolute Gasteiger partial charge is 0.246 e. The number of ether oxygens (including phenoxy) is 1. The second kappa shape index (κ2) is 6.24. The van der Waals surface area contributed by atoms with E-state index in [4.69, 9.17) is 4.74 Å². The van der Waals surface area contributed by atoms with Crippen molar-refractivity contribution in [2.45, 2.75) is 19.0 Å². The van der Waals surface area contributed by atoms with Gasteiger partial charge in [0.05, 0.1) is 28.5 Å².